The van der Waals surface area contributed by atoms with Crippen molar-refractivity contribution in [2.45, 2.75) is 38.6 Å². The van der Waals surface area contributed by atoms with E-state index in [9.17, 15) is 14.4 Å². The van der Waals surface area contributed by atoms with E-state index in [4.69, 9.17) is 4.74 Å². The Hall–Kier alpha value is -3.35. The number of para-hydroxylation sites is 2. The molecule has 1 N–H and O–H groups in total. The highest BCUT2D eigenvalue weighted by Gasteiger charge is 2.23. The van der Waals surface area contributed by atoms with Crippen molar-refractivity contribution in [2.75, 3.05) is 29.9 Å². The first-order chi connectivity index (χ1) is 15.1. The lowest BCUT2D eigenvalue weighted by Gasteiger charge is -2.29. The van der Waals surface area contributed by atoms with Crippen LogP contribution in [0.1, 0.15) is 37.7 Å². The molecule has 0 unspecified atom stereocenters. The lowest BCUT2D eigenvalue weighted by atomic mass is 10.1. The van der Waals surface area contributed by atoms with Crippen LogP contribution in [0.5, 0.6) is 5.75 Å². The highest BCUT2D eigenvalue weighted by atomic mass is 16.5. The molecule has 2 aromatic carbocycles. The van der Waals surface area contributed by atoms with E-state index in [1.54, 1.807) is 4.90 Å². The minimum Gasteiger partial charge on any atom is -0.490 e. The Balaban J connectivity index is 1.30. The van der Waals surface area contributed by atoms with Crippen LogP contribution in [0.15, 0.2) is 48.5 Å². The molecule has 0 saturated carbocycles. The van der Waals surface area contributed by atoms with E-state index in [0.29, 0.717) is 37.6 Å². The first kappa shape index (κ1) is 20.9. The molecular formula is C24H27N3O4. The molecule has 0 aromatic heterocycles. The fraction of sp³-hybridized carbons (Fsp3) is 0.375. The van der Waals surface area contributed by atoms with Crippen LogP contribution in [0.25, 0.3) is 0 Å². The number of amides is 3. The van der Waals surface area contributed by atoms with Crippen LogP contribution in [0.2, 0.25) is 0 Å². The molecule has 0 radical (unpaired) electrons. The summed E-state index contributed by atoms with van der Waals surface area (Å²) < 4.78 is 5.58. The van der Waals surface area contributed by atoms with Crippen molar-refractivity contribution in [1.29, 1.82) is 0 Å². The van der Waals surface area contributed by atoms with Gasteiger partial charge in [-0.05, 0) is 42.7 Å². The standard InChI is InChI=1S/C24H27N3O4/c28-22(11-12-24(30)27-14-15-31-21-9-2-1-8-20(21)27)25-19-7-5-6-18(16-19)17-26-13-4-3-10-23(26)29/h1-2,5-9,16H,3-4,10-15,17H2,(H,25,28). The van der Waals surface area contributed by atoms with Gasteiger partial charge in [0, 0.05) is 38.0 Å². The third kappa shape index (κ3) is 5.23. The first-order valence-corrected chi connectivity index (χ1v) is 10.8. The molecule has 2 aliphatic rings. The van der Waals surface area contributed by atoms with E-state index in [-0.39, 0.29) is 30.6 Å². The van der Waals surface area contributed by atoms with Crippen molar-refractivity contribution in [1.82, 2.24) is 4.90 Å². The molecule has 2 aliphatic heterocycles. The van der Waals surface area contributed by atoms with Gasteiger partial charge in [0.25, 0.3) is 0 Å². The summed E-state index contributed by atoms with van der Waals surface area (Å²) in [6.45, 7) is 2.26. The highest BCUT2D eigenvalue weighted by Crippen LogP contribution is 2.31. The van der Waals surface area contributed by atoms with Crippen LogP contribution in [0, 0.1) is 0 Å². The minimum absolute atomic E-state index is 0.0942. The first-order valence-electron chi connectivity index (χ1n) is 10.8. The zero-order chi connectivity index (χ0) is 21.6. The molecule has 162 valence electrons. The number of nitrogens with zero attached hydrogens (tertiary/aromatic N) is 2. The summed E-state index contributed by atoms with van der Waals surface area (Å²) in [7, 11) is 0. The molecule has 1 fully saturated rings. The number of hydrogen-bond donors (Lipinski definition) is 1. The third-order valence-corrected chi connectivity index (χ3v) is 5.60. The van der Waals surface area contributed by atoms with Gasteiger partial charge in [-0.2, -0.15) is 0 Å². The van der Waals surface area contributed by atoms with Crippen LogP contribution in [0.3, 0.4) is 0 Å². The molecule has 7 nitrogen and oxygen atoms in total. The number of fused-ring (bicyclic) bond motifs is 1. The molecule has 7 heteroatoms. The van der Waals surface area contributed by atoms with Gasteiger partial charge in [0.1, 0.15) is 12.4 Å². The normalized spacial score (nSPS) is 15.8. The molecule has 2 aromatic rings. The number of rotatable bonds is 6. The van der Waals surface area contributed by atoms with E-state index in [1.807, 2.05) is 53.4 Å². The summed E-state index contributed by atoms with van der Waals surface area (Å²) in [6, 6.07) is 15.0. The molecule has 31 heavy (non-hydrogen) atoms. The molecule has 1 saturated heterocycles. The van der Waals surface area contributed by atoms with Crippen LogP contribution in [-0.4, -0.2) is 42.3 Å². The van der Waals surface area contributed by atoms with E-state index in [1.165, 1.54) is 0 Å². The minimum atomic E-state index is -0.207. The van der Waals surface area contributed by atoms with E-state index in [2.05, 4.69) is 5.32 Å². The van der Waals surface area contributed by atoms with Crippen LogP contribution in [-0.2, 0) is 20.9 Å². The monoisotopic (exact) mass is 421 g/mol. The number of carbonyl (C=O) groups excluding carboxylic acids is 3. The summed E-state index contributed by atoms with van der Waals surface area (Å²) in [4.78, 5) is 40.7. The number of anilines is 2. The number of piperidine rings is 1. The Morgan fingerprint density at radius 3 is 2.74 bits per heavy atom. The van der Waals surface area contributed by atoms with Gasteiger partial charge in [-0.25, -0.2) is 0 Å². The molecule has 0 spiro atoms. The summed E-state index contributed by atoms with van der Waals surface area (Å²) in [5.74, 6) is 0.573. The second kappa shape index (κ2) is 9.64. The predicted octanol–water partition coefficient (Wildman–Crippen LogP) is 3.34. The summed E-state index contributed by atoms with van der Waals surface area (Å²) >= 11 is 0. The van der Waals surface area contributed by atoms with Gasteiger partial charge in [0.2, 0.25) is 17.7 Å². The van der Waals surface area contributed by atoms with Gasteiger partial charge in [0.05, 0.1) is 12.2 Å². The Morgan fingerprint density at radius 1 is 1.00 bits per heavy atom. The number of nitrogens with one attached hydrogen (secondary N) is 1. The SMILES string of the molecule is O=C(CCC(=O)N1CCOc2ccccc21)Nc1cccc(CN2CCCCC2=O)c1. The van der Waals surface area contributed by atoms with Gasteiger partial charge in [0.15, 0.2) is 0 Å². The van der Waals surface area contributed by atoms with Crippen LogP contribution in [0.4, 0.5) is 11.4 Å². The maximum atomic E-state index is 12.7. The predicted molar refractivity (Wildman–Crippen MR) is 118 cm³/mol. The lowest BCUT2D eigenvalue weighted by Crippen LogP contribution is -2.38. The Labute approximate surface area is 182 Å². The quantitative estimate of drug-likeness (QED) is 0.776. The average molecular weight is 421 g/mol. The number of benzene rings is 2. The topological polar surface area (TPSA) is 79.0 Å². The van der Waals surface area contributed by atoms with Crippen molar-refractivity contribution in [3.8, 4) is 5.75 Å². The van der Waals surface area contributed by atoms with Crippen LogP contribution < -0.4 is 15.0 Å². The highest BCUT2D eigenvalue weighted by molar-refractivity contribution is 5.99. The van der Waals surface area contributed by atoms with Crippen LogP contribution >= 0.6 is 0 Å². The van der Waals surface area contributed by atoms with Gasteiger partial charge in [-0.15, -0.1) is 0 Å². The molecule has 2 heterocycles. The fourth-order valence-electron chi connectivity index (χ4n) is 4.00. The van der Waals surface area contributed by atoms with Crippen molar-refractivity contribution < 1.29 is 19.1 Å². The van der Waals surface area contributed by atoms with E-state index in [0.717, 1.165) is 30.6 Å². The van der Waals surface area contributed by atoms with Gasteiger partial charge >= 0.3 is 0 Å². The molecule has 0 bridgehead atoms. The maximum absolute atomic E-state index is 12.7. The molecule has 0 aliphatic carbocycles. The number of hydrogen-bond acceptors (Lipinski definition) is 4. The van der Waals surface area contributed by atoms with Gasteiger partial charge in [-0.1, -0.05) is 24.3 Å². The van der Waals surface area contributed by atoms with E-state index >= 15 is 0 Å². The van der Waals surface area contributed by atoms with Crippen molar-refractivity contribution in [3.05, 3.63) is 54.1 Å². The van der Waals surface area contributed by atoms with Crippen molar-refractivity contribution in [3.63, 3.8) is 0 Å². The number of likely N-dealkylation sites (tertiary alicyclic amines) is 1. The van der Waals surface area contributed by atoms with Gasteiger partial charge in [-0.3, -0.25) is 14.4 Å². The smallest absolute Gasteiger partial charge is 0.227 e. The van der Waals surface area contributed by atoms with Gasteiger partial charge < -0.3 is 19.9 Å². The summed E-state index contributed by atoms with van der Waals surface area (Å²) in [6.07, 6.45) is 2.83. The van der Waals surface area contributed by atoms with E-state index < -0.39 is 0 Å². The molecule has 0 atom stereocenters. The fourth-order valence-corrected chi connectivity index (χ4v) is 4.00. The summed E-state index contributed by atoms with van der Waals surface area (Å²) in [5, 5.41) is 2.87. The zero-order valence-electron chi connectivity index (χ0n) is 17.5. The van der Waals surface area contributed by atoms with Crippen molar-refractivity contribution in [2.24, 2.45) is 0 Å². The molecular weight excluding hydrogens is 394 g/mol. The Kier molecular flexibility index (Phi) is 6.50. The molecule has 3 amide bonds. The second-order valence-corrected chi connectivity index (χ2v) is 7.88. The largest absolute Gasteiger partial charge is 0.490 e. The third-order valence-electron chi connectivity index (χ3n) is 5.60. The maximum Gasteiger partial charge on any atom is 0.227 e. The lowest BCUT2D eigenvalue weighted by molar-refractivity contribution is -0.133. The zero-order valence-corrected chi connectivity index (χ0v) is 17.5. The number of ether oxygens (including phenoxy) is 1. The average Bonchev–Trinajstić information content (AvgIpc) is 2.79. The molecule has 4 rings (SSSR count). The Bertz CT molecular complexity index is 975. The van der Waals surface area contributed by atoms with Crippen molar-refractivity contribution >= 4 is 29.1 Å². The second-order valence-electron chi connectivity index (χ2n) is 7.88. The number of carbonyl (C=O) groups is 3. The summed E-state index contributed by atoms with van der Waals surface area (Å²) in [5.41, 5.74) is 2.41. The Morgan fingerprint density at radius 2 is 1.87 bits per heavy atom.